The molecule has 102 valence electrons. The van der Waals surface area contributed by atoms with Crippen LogP contribution in [0.4, 0.5) is 4.39 Å². The first kappa shape index (κ1) is 15.4. The fourth-order valence-corrected chi connectivity index (χ4v) is 2.59. The second-order valence-corrected chi connectivity index (χ2v) is 4.97. The van der Waals surface area contributed by atoms with Crippen molar-refractivity contribution in [2.45, 2.75) is 25.8 Å². The van der Waals surface area contributed by atoms with E-state index in [9.17, 15) is 4.39 Å². The van der Waals surface area contributed by atoms with Gasteiger partial charge in [0.25, 0.3) is 0 Å². The maximum Gasteiger partial charge on any atom is 0.123 e. The molecule has 0 aromatic heterocycles. The molecule has 0 amide bonds. The Morgan fingerprint density at radius 1 is 1.39 bits per heavy atom. The molecule has 0 bridgehead atoms. The lowest BCUT2D eigenvalue weighted by atomic mass is 9.95. The number of hydrogen-bond donors (Lipinski definition) is 1. The standard InChI is InChI=1S/C14H21FN2.ClH/c1-11(13-4-6-14(15)7-5-13)17-8-2-3-12(9-16)10-17;/h4-7,11-12H,2-3,8-10,16H2,1H3;1H. The van der Waals surface area contributed by atoms with Crippen LogP contribution in [0.15, 0.2) is 24.3 Å². The molecule has 1 saturated heterocycles. The second kappa shape index (κ2) is 7.07. The molecule has 2 unspecified atom stereocenters. The molecule has 1 aromatic carbocycles. The summed E-state index contributed by atoms with van der Waals surface area (Å²) in [6.45, 7) is 5.14. The van der Waals surface area contributed by atoms with E-state index in [4.69, 9.17) is 5.73 Å². The summed E-state index contributed by atoms with van der Waals surface area (Å²) in [6.07, 6.45) is 2.45. The Balaban J connectivity index is 0.00000162. The Labute approximate surface area is 115 Å². The molecule has 2 N–H and O–H groups in total. The van der Waals surface area contributed by atoms with E-state index in [0.29, 0.717) is 12.0 Å². The Morgan fingerprint density at radius 3 is 2.67 bits per heavy atom. The van der Waals surface area contributed by atoms with Crippen molar-refractivity contribution in [3.05, 3.63) is 35.6 Å². The lowest BCUT2D eigenvalue weighted by molar-refractivity contribution is 0.134. The summed E-state index contributed by atoms with van der Waals surface area (Å²) in [4.78, 5) is 2.45. The molecule has 1 heterocycles. The summed E-state index contributed by atoms with van der Waals surface area (Å²) < 4.78 is 12.9. The second-order valence-electron chi connectivity index (χ2n) is 4.97. The zero-order chi connectivity index (χ0) is 12.3. The minimum Gasteiger partial charge on any atom is -0.330 e. The van der Waals surface area contributed by atoms with Gasteiger partial charge in [-0.1, -0.05) is 12.1 Å². The number of nitrogens with two attached hydrogens (primary N) is 1. The van der Waals surface area contributed by atoms with Gasteiger partial charge in [0.1, 0.15) is 5.82 Å². The van der Waals surface area contributed by atoms with Gasteiger partial charge >= 0.3 is 0 Å². The molecular weight excluding hydrogens is 251 g/mol. The number of nitrogens with zero attached hydrogens (tertiary/aromatic N) is 1. The molecule has 0 aliphatic carbocycles. The van der Waals surface area contributed by atoms with Crippen molar-refractivity contribution in [3.8, 4) is 0 Å². The van der Waals surface area contributed by atoms with E-state index in [1.165, 1.54) is 30.5 Å². The highest BCUT2D eigenvalue weighted by Gasteiger charge is 2.23. The molecule has 2 nitrogen and oxygen atoms in total. The van der Waals surface area contributed by atoms with Crippen molar-refractivity contribution >= 4 is 12.4 Å². The fraction of sp³-hybridized carbons (Fsp3) is 0.571. The van der Waals surface area contributed by atoms with Gasteiger partial charge in [-0.25, -0.2) is 4.39 Å². The normalized spacial score (nSPS) is 22.3. The first-order valence-electron chi connectivity index (χ1n) is 6.40. The highest BCUT2D eigenvalue weighted by atomic mass is 35.5. The zero-order valence-corrected chi connectivity index (χ0v) is 11.6. The first-order chi connectivity index (χ1) is 8.20. The Morgan fingerprint density at radius 2 is 2.06 bits per heavy atom. The van der Waals surface area contributed by atoms with Crippen LogP contribution in [-0.4, -0.2) is 24.5 Å². The van der Waals surface area contributed by atoms with E-state index in [0.717, 1.165) is 19.6 Å². The van der Waals surface area contributed by atoms with E-state index in [2.05, 4.69) is 11.8 Å². The van der Waals surface area contributed by atoms with Crippen molar-refractivity contribution in [1.82, 2.24) is 4.90 Å². The number of benzene rings is 1. The van der Waals surface area contributed by atoms with E-state index >= 15 is 0 Å². The fourth-order valence-electron chi connectivity index (χ4n) is 2.59. The topological polar surface area (TPSA) is 29.3 Å². The molecule has 18 heavy (non-hydrogen) atoms. The van der Waals surface area contributed by atoms with Gasteiger partial charge < -0.3 is 5.73 Å². The Kier molecular flexibility index (Phi) is 6.06. The predicted octanol–water partition coefficient (Wildman–Crippen LogP) is 2.98. The summed E-state index contributed by atoms with van der Waals surface area (Å²) in [7, 11) is 0. The molecule has 0 spiro atoms. The average Bonchev–Trinajstić information content (AvgIpc) is 2.39. The molecule has 1 aliphatic rings. The highest BCUT2D eigenvalue weighted by Crippen LogP contribution is 2.26. The summed E-state index contributed by atoms with van der Waals surface area (Å²) >= 11 is 0. The Bertz CT molecular complexity index is 355. The van der Waals surface area contributed by atoms with Gasteiger partial charge in [-0.15, -0.1) is 12.4 Å². The summed E-state index contributed by atoms with van der Waals surface area (Å²) in [6, 6.07) is 7.19. The zero-order valence-electron chi connectivity index (χ0n) is 10.8. The summed E-state index contributed by atoms with van der Waals surface area (Å²) in [5, 5.41) is 0. The average molecular weight is 273 g/mol. The number of piperidine rings is 1. The van der Waals surface area contributed by atoms with Gasteiger partial charge in [0, 0.05) is 12.6 Å². The van der Waals surface area contributed by atoms with Gasteiger partial charge in [0.2, 0.25) is 0 Å². The molecule has 2 rings (SSSR count). The maximum absolute atomic E-state index is 12.9. The lowest BCUT2D eigenvalue weighted by Gasteiger charge is -2.36. The Hall–Kier alpha value is -0.640. The quantitative estimate of drug-likeness (QED) is 0.917. The minimum atomic E-state index is -0.167. The van der Waals surface area contributed by atoms with Crippen LogP contribution in [0, 0.1) is 11.7 Å². The smallest absolute Gasteiger partial charge is 0.123 e. The maximum atomic E-state index is 12.9. The van der Waals surface area contributed by atoms with Crippen LogP contribution >= 0.6 is 12.4 Å². The molecule has 0 saturated carbocycles. The summed E-state index contributed by atoms with van der Waals surface area (Å²) in [5.74, 6) is 0.450. The van der Waals surface area contributed by atoms with E-state index in [1.54, 1.807) is 0 Å². The highest BCUT2D eigenvalue weighted by molar-refractivity contribution is 5.85. The van der Waals surface area contributed by atoms with Crippen molar-refractivity contribution in [1.29, 1.82) is 0 Å². The first-order valence-corrected chi connectivity index (χ1v) is 6.40. The minimum absolute atomic E-state index is 0. The summed E-state index contributed by atoms with van der Waals surface area (Å²) in [5.41, 5.74) is 6.93. The third-order valence-corrected chi connectivity index (χ3v) is 3.78. The van der Waals surface area contributed by atoms with Crippen molar-refractivity contribution in [2.24, 2.45) is 11.7 Å². The largest absolute Gasteiger partial charge is 0.330 e. The van der Waals surface area contributed by atoms with Crippen molar-refractivity contribution in [2.75, 3.05) is 19.6 Å². The van der Waals surface area contributed by atoms with Crippen molar-refractivity contribution in [3.63, 3.8) is 0 Å². The van der Waals surface area contributed by atoms with Crippen molar-refractivity contribution < 1.29 is 4.39 Å². The van der Waals surface area contributed by atoms with Crippen LogP contribution in [0.5, 0.6) is 0 Å². The third-order valence-electron chi connectivity index (χ3n) is 3.78. The van der Waals surface area contributed by atoms with E-state index in [1.807, 2.05) is 12.1 Å². The van der Waals surface area contributed by atoms with Gasteiger partial charge in [-0.05, 0) is 56.5 Å². The van der Waals surface area contributed by atoms with Gasteiger partial charge in [0.05, 0.1) is 0 Å². The molecule has 1 aromatic rings. The van der Waals surface area contributed by atoms with E-state index < -0.39 is 0 Å². The van der Waals surface area contributed by atoms with Gasteiger partial charge in [-0.3, -0.25) is 4.90 Å². The number of rotatable bonds is 3. The van der Waals surface area contributed by atoms with Crippen LogP contribution in [0.1, 0.15) is 31.4 Å². The van der Waals surface area contributed by atoms with Crippen LogP contribution in [0.3, 0.4) is 0 Å². The third kappa shape index (κ3) is 3.67. The number of likely N-dealkylation sites (tertiary alicyclic amines) is 1. The molecule has 0 radical (unpaired) electrons. The lowest BCUT2D eigenvalue weighted by Crippen LogP contribution is -2.39. The van der Waals surface area contributed by atoms with Crippen LogP contribution in [0.2, 0.25) is 0 Å². The molecular formula is C14H22ClFN2. The molecule has 1 aliphatic heterocycles. The van der Waals surface area contributed by atoms with Crippen LogP contribution in [0.25, 0.3) is 0 Å². The molecule has 4 heteroatoms. The van der Waals surface area contributed by atoms with Gasteiger partial charge in [0.15, 0.2) is 0 Å². The molecule has 1 fully saturated rings. The number of halogens is 2. The van der Waals surface area contributed by atoms with Crippen LogP contribution < -0.4 is 5.73 Å². The molecule has 2 atom stereocenters. The number of hydrogen-bond acceptors (Lipinski definition) is 2. The van der Waals surface area contributed by atoms with Gasteiger partial charge in [-0.2, -0.15) is 0 Å². The van der Waals surface area contributed by atoms with Crippen LogP contribution in [-0.2, 0) is 0 Å². The monoisotopic (exact) mass is 272 g/mol. The SMILES string of the molecule is CC(c1ccc(F)cc1)N1CCCC(CN)C1.Cl. The van der Waals surface area contributed by atoms with E-state index in [-0.39, 0.29) is 18.2 Å². The predicted molar refractivity (Wildman–Crippen MR) is 75.4 cm³/mol.